The normalized spacial score (nSPS) is 19.8. The van der Waals surface area contributed by atoms with E-state index in [9.17, 15) is 4.79 Å². The predicted octanol–water partition coefficient (Wildman–Crippen LogP) is 5.51. The molecule has 1 aromatic carbocycles. The van der Waals surface area contributed by atoms with E-state index in [1.54, 1.807) is 0 Å². The molecule has 1 fully saturated rings. The number of nitrogens with zero attached hydrogens (tertiary/aromatic N) is 4. The number of piperidine rings is 1. The number of aromatic nitrogens is 1. The van der Waals surface area contributed by atoms with E-state index in [0.29, 0.717) is 5.37 Å². The summed E-state index contributed by atoms with van der Waals surface area (Å²) in [4.78, 5) is 23.1. The van der Waals surface area contributed by atoms with Crippen LogP contribution in [0.2, 0.25) is 0 Å². The molecule has 33 heavy (non-hydrogen) atoms. The maximum Gasteiger partial charge on any atom is 0.215 e. The summed E-state index contributed by atoms with van der Waals surface area (Å²) in [5.41, 5.74) is 5.10. The molecule has 1 unspecified atom stereocenters. The van der Waals surface area contributed by atoms with E-state index >= 15 is 0 Å². The maximum absolute atomic E-state index is 12.0. The number of carbonyl (C=O) groups is 1. The van der Waals surface area contributed by atoms with Crippen molar-refractivity contribution in [3.63, 3.8) is 0 Å². The van der Waals surface area contributed by atoms with Crippen molar-refractivity contribution in [2.24, 2.45) is 5.41 Å². The molecule has 0 bridgehead atoms. The Morgan fingerprint density at radius 1 is 1.15 bits per heavy atom. The number of benzene rings is 1. The van der Waals surface area contributed by atoms with Gasteiger partial charge >= 0.3 is 0 Å². The molecule has 0 saturated carbocycles. The molecule has 6 heteroatoms. The van der Waals surface area contributed by atoms with E-state index in [1.165, 1.54) is 11.1 Å². The Morgan fingerprint density at radius 3 is 2.55 bits per heavy atom. The van der Waals surface area contributed by atoms with Crippen LogP contribution in [0.15, 0.2) is 48.1 Å². The van der Waals surface area contributed by atoms with Gasteiger partial charge in [0.05, 0.1) is 5.37 Å². The molecule has 0 aliphatic carbocycles. The Hall–Kier alpha value is -2.31. The Morgan fingerprint density at radius 2 is 1.88 bits per heavy atom. The van der Waals surface area contributed by atoms with Gasteiger partial charge in [-0.25, -0.2) is 4.98 Å². The van der Waals surface area contributed by atoms with Crippen molar-refractivity contribution in [2.75, 3.05) is 25.0 Å². The van der Waals surface area contributed by atoms with E-state index in [-0.39, 0.29) is 11.5 Å². The average Bonchev–Trinajstić information content (AvgIpc) is 3.26. The molecule has 0 radical (unpaired) electrons. The second-order valence-electron chi connectivity index (χ2n) is 10.4. The molecule has 1 amide bonds. The van der Waals surface area contributed by atoms with Gasteiger partial charge in [-0.3, -0.25) is 9.69 Å². The van der Waals surface area contributed by atoms with E-state index in [0.717, 1.165) is 55.8 Å². The molecule has 0 N–H and O–H groups in total. The summed E-state index contributed by atoms with van der Waals surface area (Å²) in [6, 6.07) is 11.0. The Balaban J connectivity index is 1.52. The number of anilines is 1. The van der Waals surface area contributed by atoms with Crippen LogP contribution in [0.1, 0.15) is 44.7 Å². The minimum absolute atomic E-state index is 0.215. The second kappa shape index (κ2) is 9.90. The van der Waals surface area contributed by atoms with E-state index in [4.69, 9.17) is 0 Å². The zero-order valence-electron chi connectivity index (χ0n) is 20.5. The summed E-state index contributed by atoms with van der Waals surface area (Å²) in [5.74, 6) is 0.742. The third-order valence-corrected chi connectivity index (χ3v) is 8.25. The molecule has 1 atom stereocenters. The fraction of sp³-hybridized carbons (Fsp3) is 0.481. The highest BCUT2D eigenvalue weighted by molar-refractivity contribution is 8.02. The minimum atomic E-state index is 0.215. The summed E-state index contributed by atoms with van der Waals surface area (Å²) < 4.78 is 0. The van der Waals surface area contributed by atoms with Gasteiger partial charge in [-0.05, 0) is 85.1 Å². The van der Waals surface area contributed by atoms with Crippen LogP contribution >= 0.6 is 11.8 Å². The van der Waals surface area contributed by atoms with Crippen molar-refractivity contribution in [2.45, 2.75) is 58.5 Å². The van der Waals surface area contributed by atoms with Crippen molar-refractivity contribution < 1.29 is 4.79 Å². The van der Waals surface area contributed by atoms with Gasteiger partial charge in [-0.2, -0.15) is 0 Å². The maximum atomic E-state index is 12.0. The SMILES string of the molecule is Cc1cc(-c2ccnc(N(C=O)C3CCN(C)CC3)c2)ccc1CN1C=CSC1C(C)(C)C. The highest BCUT2D eigenvalue weighted by Crippen LogP contribution is 2.39. The monoisotopic (exact) mass is 464 g/mol. The zero-order valence-corrected chi connectivity index (χ0v) is 21.3. The van der Waals surface area contributed by atoms with E-state index in [2.05, 4.69) is 85.4 Å². The number of aryl methyl sites for hydroxylation is 1. The van der Waals surface area contributed by atoms with Gasteiger partial charge in [-0.15, -0.1) is 11.8 Å². The Kier molecular flexibility index (Phi) is 7.15. The van der Waals surface area contributed by atoms with E-state index < -0.39 is 0 Å². The van der Waals surface area contributed by atoms with Crippen molar-refractivity contribution in [1.29, 1.82) is 0 Å². The molecule has 1 aromatic heterocycles. The smallest absolute Gasteiger partial charge is 0.215 e. The van der Waals surface area contributed by atoms with Crippen LogP contribution in [0.5, 0.6) is 0 Å². The lowest BCUT2D eigenvalue weighted by molar-refractivity contribution is -0.108. The molecule has 4 rings (SSSR count). The third-order valence-electron chi connectivity index (χ3n) is 6.74. The van der Waals surface area contributed by atoms with Crippen LogP contribution in [0.3, 0.4) is 0 Å². The van der Waals surface area contributed by atoms with Crippen LogP contribution in [0.25, 0.3) is 11.1 Å². The zero-order chi connectivity index (χ0) is 23.6. The average molecular weight is 465 g/mol. The lowest BCUT2D eigenvalue weighted by Gasteiger charge is -2.35. The van der Waals surface area contributed by atoms with Crippen LogP contribution in [0.4, 0.5) is 5.82 Å². The lowest BCUT2D eigenvalue weighted by atomic mass is 9.94. The number of likely N-dealkylation sites (tertiary alicyclic amines) is 1. The van der Waals surface area contributed by atoms with Crippen molar-refractivity contribution in [3.8, 4) is 11.1 Å². The first kappa shape index (κ1) is 23.8. The van der Waals surface area contributed by atoms with Crippen LogP contribution in [-0.2, 0) is 11.3 Å². The molecular formula is C27H36N4OS. The first-order valence-electron chi connectivity index (χ1n) is 11.8. The van der Waals surface area contributed by atoms with Crippen LogP contribution < -0.4 is 4.90 Å². The molecule has 176 valence electrons. The van der Waals surface area contributed by atoms with Crippen molar-refractivity contribution in [3.05, 3.63) is 59.3 Å². The Labute approximate surface area is 202 Å². The van der Waals surface area contributed by atoms with E-state index in [1.807, 2.05) is 28.9 Å². The quantitative estimate of drug-likeness (QED) is 0.528. The molecular weight excluding hydrogens is 428 g/mol. The standard InChI is InChI=1S/C27H36N4OS/c1-20-16-21(6-7-23(20)18-30-14-15-33-26(30)27(2,3)4)22-8-11-28-25(17-22)31(19-32)24-9-12-29(5)13-10-24/h6-8,11,14-17,19,24,26H,9-10,12-13,18H2,1-5H3. The molecule has 2 aliphatic rings. The fourth-order valence-corrected chi connectivity index (χ4v) is 5.86. The third kappa shape index (κ3) is 5.44. The molecule has 5 nitrogen and oxygen atoms in total. The topological polar surface area (TPSA) is 39.7 Å². The summed E-state index contributed by atoms with van der Waals surface area (Å²) in [7, 11) is 2.13. The van der Waals surface area contributed by atoms with Gasteiger partial charge in [0.15, 0.2) is 0 Å². The number of pyridine rings is 1. The summed E-state index contributed by atoms with van der Waals surface area (Å²) in [5, 5.41) is 2.66. The predicted molar refractivity (Wildman–Crippen MR) is 139 cm³/mol. The minimum Gasteiger partial charge on any atom is -0.360 e. The molecule has 2 aromatic rings. The number of hydrogen-bond acceptors (Lipinski definition) is 5. The van der Waals surface area contributed by atoms with Crippen LogP contribution in [-0.4, -0.2) is 52.7 Å². The highest BCUT2D eigenvalue weighted by Gasteiger charge is 2.32. The number of hydrogen-bond donors (Lipinski definition) is 0. The molecule has 3 heterocycles. The summed E-state index contributed by atoms with van der Waals surface area (Å²) in [6.45, 7) is 12.0. The lowest BCUT2D eigenvalue weighted by Crippen LogP contribution is -2.43. The van der Waals surface area contributed by atoms with Gasteiger partial charge in [0, 0.05) is 25.0 Å². The summed E-state index contributed by atoms with van der Waals surface area (Å²) in [6.07, 6.45) is 6.95. The molecule has 2 aliphatic heterocycles. The van der Waals surface area contributed by atoms with Gasteiger partial charge in [-0.1, -0.05) is 39.0 Å². The van der Waals surface area contributed by atoms with Crippen LogP contribution in [0, 0.1) is 12.3 Å². The molecule has 0 spiro atoms. The van der Waals surface area contributed by atoms with Gasteiger partial charge in [0.1, 0.15) is 5.82 Å². The number of amides is 1. The van der Waals surface area contributed by atoms with Gasteiger partial charge in [0.25, 0.3) is 0 Å². The number of rotatable bonds is 6. The van der Waals surface area contributed by atoms with Gasteiger partial charge < -0.3 is 9.80 Å². The highest BCUT2D eigenvalue weighted by atomic mass is 32.2. The Bertz CT molecular complexity index is 1010. The number of thioether (sulfide) groups is 1. The first-order valence-corrected chi connectivity index (χ1v) is 12.8. The first-order chi connectivity index (χ1) is 15.8. The molecule has 1 saturated heterocycles. The fourth-order valence-electron chi connectivity index (χ4n) is 4.77. The largest absolute Gasteiger partial charge is 0.360 e. The van der Waals surface area contributed by atoms with Crippen molar-refractivity contribution in [1.82, 2.24) is 14.8 Å². The summed E-state index contributed by atoms with van der Waals surface area (Å²) >= 11 is 1.90. The van der Waals surface area contributed by atoms with Gasteiger partial charge in [0.2, 0.25) is 6.41 Å². The second-order valence-corrected chi connectivity index (χ2v) is 11.4. The van der Waals surface area contributed by atoms with Crippen molar-refractivity contribution >= 4 is 24.0 Å². The number of carbonyl (C=O) groups excluding carboxylic acids is 1.